The average Bonchev–Trinajstić information content (AvgIpc) is 1.99. The Hall–Kier alpha value is -1.12. The molecule has 3 heteroatoms. The summed E-state index contributed by atoms with van der Waals surface area (Å²) in [6.07, 6.45) is 0. The molecular formula is C12H16F2O. The van der Waals surface area contributed by atoms with Crippen LogP contribution in [0.2, 0.25) is 0 Å². The molecule has 1 aromatic rings. The Kier molecular flexibility index (Phi) is 3.32. The zero-order valence-corrected chi connectivity index (χ0v) is 9.53. The molecule has 0 aliphatic heterocycles. The van der Waals surface area contributed by atoms with Crippen LogP contribution in [-0.2, 0) is 5.41 Å². The molecule has 0 saturated carbocycles. The fraction of sp³-hybridized carbons (Fsp3) is 0.500. The van der Waals surface area contributed by atoms with Gasteiger partial charge < -0.3 is 4.74 Å². The van der Waals surface area contributed by atoms with Crippen molar-refractivity contribution >= 4 is 0 Å². The highest BCUT2D eigenvalue weighted by Crippen LogP contribution is 2.30. The zero-order valence-electron chi connectivity index (χ0n) is 9.53. The maximum atomic E-state index is 13.6. The second-order valence-corrected chi connectivity index (χ2v) is 4.44. The van der Waals surface area contributed by atoms with Crippen LogP contribution < -0.4 is 4.74 Å². The molecule has 1 rings (SSSR count). The summed E-state index contributed by atoms with van der Waals surface area (Å²) in [5.74, 6) is -0.864. The molecule has 0 bridgehead atoms. The lowest BCUT2D eigenvalue weighted by Gasteiger charge is -2.21. The van der Waals surface area contributed by atoms with Crippen molar-refractivity contribution in [2.45, 2.75) is 33.1 Å². The van der Waals surface area contributed by atoms with E-state index < -0.39 is 17.0 Å². The molecule has 0 spiro atoms. The summed E-state index contributed by atoms with van der Waals surface area (Å²) in [7, 11) is 0. The van der Waals surface area contributed by atoms with E-state index in [4.69, 9.17) is 4.74 Å². The van der Waals surface area contributed by atoms with Gasteiger partial charge in [0.25, 0.3) is 0 Å². The third kappa shape index (κ3) is 2.67. The van der Waals surface area contributed by atoms with Gasteiger partial charge in [0, 0.05) is 17.7 Å². The first kappa shape index (κ1) is 12.0. The molecule has 0 heterocycles. The Morgan fingerprint density at radius 3 is 1.93 bits per heavy atom. The molecule has 1 aromatic carbocycles. The van der Waals surface area contributed by atoms with Crippen molar-refractivity contribution in [2.75, 3.05) is 6.61 Å². The van der Waals surface area contributed by atoms with E-state index in [-0.39, 0.29) is 11.3 Å². The molecule has 1 nitrogen and oxygen atoms in total. The fourth-order valence-corrected chi connectivity index (χ4v) is 1.52. The first-order valence-corrected chi connectivity index (χ1v) is 4.98. The van der Waals surface area contributed by atoms with Crippen molar-refractivity contribution in [3.63, 3.8) is 0 Å². The highest BCUT2D eigenvalue weighted by atomic mass is 19.1. The van der Waals surface area contributed by atoms with Gasteiger partial charge in [-0.25, -0.2) is 8.78 Å². The predicted molar refractivity (Wildman–Crippen MR) is 56.2 cm³/mol. The Morgan fingerprint density at radius 1 is 1.13 bits per heavy atom. The molecule has 0 N–H and O–H groups in total. The van der Waals surface area contributed by atoms with E-state index in [0.29, 0.717) is 6.61 Å². The van der Waals surface area contributed by atoms with Crippen molar-refractivity contribution in [2.24, 2.45) is 0 Å². The number of ether oxygens (including phenoxy) is 1. The molecular weight excluding hydrogens is 198 g/mol. The smallest absolute Gasteiger partial charge is 0.133 e. The van der Waals surface area contributed by atoms with Gasteiger partial charge in [-0.1, -0.05) is 20.8 Å². The van der Waals surface area contributed by atoms with Crippen LogP contribution >= 0.6 is 0 Å². The van der Waals surface area contributed by atoms with Crippen LogP contribution in [0.25, 0.3) is 0 Å². The minimum atomic E-state index is -0.550. The molecule has 0 fully saturated rings. The number of halogens is 2. The summed E-state index contributed by atoms with van der Waals surface area (Å²) in [6, 6.07) is 2.46. The second-order valence-electron chi connectivity index (χ2n) is 4.44. The van der Waals surface area contributed by atoms with Gasteiger partial charge in [0.05, 0.1) is 6.61 Å². The normalized spacial score (nSPS) is 11.6. The van der Waals surface area contributed by atoms with Gasteiger partial charge >= 0.3 is 0 Å². The van der Waals surface area contributed by atoms with Crippen molar-refractivity contribution in [3.05, 3.63) is 29.3 Å². The molecule has 0 aliphatic rings. The fourth-order valence-electron chi connectivity index (χ4n) is 1.52. The Morgan fingerprint density at radius 2 is 1.60 bits per heavy atom. The lowest BCUT2D eigenvalue weighted by Crippen LogP contribution is -2.16. The van der Waals surface area contributed by atoms with Gasteiger partial charge in [-0.05, 0) is 12.3 Å². The van der Waals surface area contributed by atoms with Crippen molar-refractivity contribution in [1.29, 1.82) is 0 Å². The van der Waals surface area contributed by atoms with Gasteiger partial charge in [0.2, 0.25) is 0 Å². The van der Waals surface area contributed by atoms with E-state index >= 15 is 0 Å². The molecule has 15 heavy (non-hydrogen) atoms. The highest BCUT2D eigenvalue weighted by molar-refractivity contribution is 5.34. The third-order valence-corrected chi connectivity index (χ3v) is 2.08. The van der Waals surface area contributed by atoms with Gasteiger partial charge in [-0.15, -0.1) is 0 Å². The van der Waals surface area contributed by atoms with Crippen molar-refractivity contribution in [1.82, 2.24) is 0 Å². The summed E-state index contributed by atoms with van der Waals surface area (Å²) < 4.78 is 32.3. The lowest BCUT2D eigenvalue weighted by atomic mass is 9.86. The maximum Gasteiger partial charge on any atom is 0.133 e. The van der Waals surface area contributed by atoms with Gasteiger partial charge in [0.15, 0.2) is 0 Å². The third-order valence-electron chi connectivity index (χ3n) is 2.08. The first-order chi connectivity index (χ1) is 6.86. The Balaban J connectivity index is 3.22. The molecule has 0 saturated heterocycles. The SMILES string of the molecule is CCOc1cc(F)c(C(C)(C)C)c(F)c1. The van der Waals surface area contributed by atoms with E-state index in [9.17, 15) is 8.78 Å². The number of hydrogen-bond acceptors (Lipinski definition) is 1. The number of rotatable bonds is 2. The van der Waals surface area contributed by atoms with Gasteiger partial charge in [-0.2, -0.15) is 0 Å². The monoisotopic (exact) mass is 214 g/mol. The minimum Gasteiger partial charge on any atom is -0.494 e. The second kappa shape index (κ2) is 4.17. The Bertz CT molecular complexity index is 330. The van der Waals surface area contributed by atoms with Crippen LogP contribution in [0.1, 0.15) is 33.3 Å². The Labute approximate surface area is 89.1 Å². The van der Waals surface area contributed by atoms with Crippen LogP contribution in [0.5, 0.6) is 5.75 Å². The van der Waals surface area contributed by atoms with Crippen LogP contribution in [0, 0.1) is 11.6 Å². The van der Waals surface area contributed by atoms with E-state index in [0.717, 1.165) is 0 Å². The minimum absolute atomic E-state index is 0.103. The summed E-state index contributed by atoms with van der Waals surface area (Å²) in [5.41, 5.74) is -0.440. The zero-order chi connectivity index (χ0) is 11.6. The summed E-state index contributed by atoms with van der Waals surface area (Å²) in [4.78, 5) is 0. The van der Waals surface area contributed by atoms with Crippen LogP contribution in [0.4, 0.5) is 8.78 Å². The topological polar surface area (TPSA) is 9.23 Å². The summed E-state index contributed by atoms with van der Waals surface area (Å²) in [5, 5.41) is 0. The van der Waals surface area contributed by atoms with Crippen LogP contribution in [-0.4, -0.2) is 6.61 Å². The summed E-state index contributed by atoms with van der Waals surface area (Å²) in [6.45, 7) is 7.49. The first-order valence-electron chi connectivity index (χ1n) is 4.98. The molecule has 84 valence electrons. The van der Waals surface area contributed by atoms with E-state index in [1.165, 1.54) is 12.1 Å². The van der Waals surface area contributed by atoms with Gasteiger partial charge in [0.1, 0.15) is 17.4 Å². The molecule has 0 amide bonds. The van der Waals surface area contributed by atoms with Crippen LogP contribution in [0.3, 0.4) is 0 Å². The molecule has 0 aliphatic carbocycles. The van der Waals surface area contributed by atoms with Crippen molar-refractivity contribution < 1.29 is 13.5 Å². The molecule has 0 unspecified atom stereocenters. The van der Waals surface area contributed by atoms with E-state index in [1.54, 1.807) is 27.7 Å². The van der Waals surface area contributed by atoms with E-state index in [1.807, 2.05) is 0 Å². The average molecular weight is 214 g/mol. The van der Waals surface area contributed by atoms with Gasteiger partial charge in [-0.3, -0.25) is 0 Å². The van der Waals surface area contributed by atoms with Crippen LogP contribution in [0.15, 0.2) is 12.1 Å². The quantitative estimate of drug-likeness (QED) is 0.730. The number of hydrogen-bond donors (Lipinski definition) is 0. The standard InChI is InChI=1S/C12H16F2O/c1-5-15-8-6-9(13)11(10(14)7-8)12(2,3)4/h6-7H,5H2,1-4H3. The largest absolute Gasteiger partial charge is 0.494 e. The highest BCUT2D eigenvalue weighted by Gasteiger charge is 2.23. The maximum absolute atomic E-state index is 13.6. The molecule has 0 aromatic heterocycles. The number of benzene rings is 1. The summed E-state index contributed by atoms with van der Waals surface area (Å²) >= 11 is 0. The molecule has 0 radical (unpaired) electrons. The predicted octanol–water partition coefficient (Wildman–Crippen LogP) is 3.66. The molecule has 0 atom stereocenters. The van der Waals surface area contributed by atoms with Crippen molar-refractivity contribution in [3.8, 4) is 5.75 Å². The van der Waals surface area contributed by atoms with E-state index in [2.05, 4.69) is 0 Å². The lowest BCUT2D eigenvalue weighted by molar-refractivity contribution is 0.333.